The van der Waals surface area contributed by atoms with E-state index in [0.29, 0.717) is 11.6 Å². The van der Waals surface area contributed by atoms with Crippen LogP contribution in [0.4, 0.5) is 14.6 Å². The van der Waals surface area contributed by atoms with Crippen molar-refractivity contribution in [3.8, 4) is 5.75 Å². The third-order valence-corrected chi connectivity index (χ3v) is 2.52. The first-order valence-electron chi connectivity index (χ1n) is 6.24. The highest BCUT2D eigenvalue weighted by molar-refractivity contribution is 5.35. The number of halogens is 2. The van der Waals surface area contributed by atoms with Crippen LogP contribution in [0.15, 0.2) is 24.3 Å². The molecule has 1 heterocycles. The average molecular weight is 279 g/mol. The monoisotopic (exact) mass is 279 g/mol. The molecule has 0 aliphatic rings. The fourth-order valence-corrected chi connectivity index (χ4v) is 1.68. The maximum absolute atomic E-state index is 13.0. The normalized spacial score (nSPS) is 10.4. The average Bonchev–Trinajstić information content (AvgIpc) is 2.40. The SMILES string of the molecule is CCNc1cc(C)nc(COc2ccc(F)c(F)c2)n1. The maximum atomic E-state index is 13.0. The molecule has 1 N–H and O–H groups in total. The van der Waals surface area contributed by atoms with Gasteiger partial charge in [0.2, 0.25) is 0 Å². The summed E-state index contributed by atoms with van der Waals surface area (Å²) in [7, 11) is 0. The number of nitrogens with zero attached hydrogens (tertiary/aromatic N) is 2. The number of hydrogen-bond acceptors (Lipinski definition) is 4. The quantitative estimate of drug-likeness (QED) is 0.913. The van der Waals surface area contributed by atoms with Gasteiger partial charge in [-0.2, -0.15) is 0 Å². The highest BCUT2D eigenvalue weighted by Gasteiger charge is 2.06. The molecule has 2 rings (SSSR count). The zero-order valence-corrected chi connectivity index (χ0v) is 11.3. The number of aromatic nitrogens is 2. The number of ether oxygens (including phenoxy) is 1. The summed E-state index contributed by atoms with van der Waals surface area (Å²) >= 11 is 0. The molecule has 0 bridgehead atoms. The Morgan fingerprint density at radius 1 is 1.15 bits per heavy atom. The summed E-state index contributed by atoms with van der Waals surface area (Å²) in [4.78, 5) is 8.49. The first-order chi connectivity index (χ1) is 9.58. The predicted octanol–water partition coefficient (Wildman–Crippen LogP) is 3.07. The predicted molar refractivity (Wildman–Crippen MR) is 71.6 cm³/mol. The molecule has 2 aromatic rings. The van der Waals surface area contributed by atoms with Gasteiger partial charge in [-0.05, 0) is 26.0 Å². The molecular weight excluding hydrogens is 264 g/mol. The third kappa shape index (κ3) is 3.63. The van der Waals surface area contributed by atoms with E-state index in [0.717, 1.165) is 24.4 Å². The largest absolute Gasteiger partial charge is 0.486 e. The summed E-state index contributed by atoms with van der Waals surface area (Å²) in [6, 6.07) is 5.20. The number of nitrogens with one attached hydrogen (secondary N) is 1. The molecule has 0 aliphatic heterocycles. The van der Waals surface area contributed by atoms with Crippen LogP contribution in [0.1, 0.15) is 18.4 Å². The summed E-state index contributed by atoms with van der Waals surface area (Å²) in [6.07, 6.45) is 0. The van der Waals surface area contributed by atoms with Crippen LogP contribution in [-0.4, -0.2) is 16.5 Å². The van der Waals surface area contributed by atoms with E-state index in [1.54, 1.807) is 0 Å². The van der Waals surface area contributed by atoms with Crippen molar-refractivity contribution in [1.82, 2.24) is 9.97 Å². The summed E-state index contributed by atoms with van der Waals surface area (Å²) in [6.45, 7) is 4.66. The third-order valence-electron chi connectivity index (χ3n) is 2.52. The first-order valence-corrected chi connectivity index (χ1v) is 6.24. The zero-order chi connectivity index (χ0) is 14.5. The van der Waals surface area contributed by atoms with Crippen molar-refractivity contribution in [3.63, 3.8) is 0 Å². The fourth-order valence-electron chi connectivity index (χ4n) is 1.68. The van der Waals surface area contributed by atoms with Gasteiger partial charge in [0.1, 0.15) is 18.2 Å². The second-order valence-corrected chi connectivity index (χ2v) is 4.21. The number of rotatable bonds is 5. The Morgan fingerprint density at radius 2 is 1.95 bits per heavy atom. The second-order valence-electron chi connectivity index (χ2n) is 4.21. The van der Waals surface area contributed by atoms with Gasteiger partial charge in [-0.1, -0.05) is 0 Å². The lowest BCUT2D eigenvalue weighted by molar-refractivity contribution is 0.293. The standard InChI is InChI=1S/C14H15F2N3O/c1-3-17-13-6-9(2)18-14(19-13)8-20-10-4-5-11(15)12(16)7-10/h4-7H,3,8H2,1-2H3,(H,17,18,19). The highest BCUT2D eigenvalue weighted by atomic mass is 19.2. The minimum atomic E-state index is -0.944. The van der Waals surface area contributed by atoms with Crippen molar-refractivity contribution < 1.29 is 13.5 Å². The van der Waals surface area contributed by atoms with Crippen molar-refractivity contribution >= 4 is 5.82 Å². The Balaban J connectivity index is 2.08. The van der Waals surface area contributed by atoms with E-state index in [4.69, 9.17) is 4.74 Å². The van der Waals surface area contributed by atoms with Crippen LogP contribution in [-0.2, 0) is 6.61 Å². The van der Waals surface area contributed by atoms with E-state index < -0.39 is 11.6 Å². The van der Waals surface area contributed by atoms with Gasteiger partial charge < -0.3 is 10.1 Å². The Labute approximate surface area is 115 Å². The van der Waals surface area contributed by atoms with Crippen molar-refractivity contribution in [1.29, 1.82) is 0 Å². The van der Waals surface area contributed by atoms with Gasteiger partial charge in [-0.3, -0.25) is 0 Å². The fraction of sp³-hybridized carbons (Fsp3) is 0.286. The van der Waals surface area contributed by atoms with Gasteiger partial charge in [0.05, 0.1) is 0 Å². The molecule has 20 heavy (non-hydrogen) atoms. The molecule has 1 aromatic heterocycles. The van der Waals surface area contributed by atoms with Crippen LogP contribution < -0.4 is 10.1 Å². The molecular formula is C14H15F2N3O. The lowest BCUT2D eigenvalue weighted by Gasteiger charge is -2.08. The van der Waals surface area contributed by atoms with Crippen LogP contribution in [0.3, 0.4) is 0 Å². The Bertz CT molecular complexity index is 605. The van der Waals surface area contributed by atoms with E-state index in [-0.39, 0.29) is 12.4 Å². The molecule has 0 spiro atoms. The van der Waals surface area contributed by atoms with Gasteiger partial charge in [-0.25, -0.2) is 18.7 Å². The number of anilines is 1. The molecule has 0 saturated carbocycles. The van der Waals surface area contributed by atoms with Crippen molar-refractivity contribution in [2.24, 2.45) is 0 Å². The van der Waals surface area contributed by atoms with E-state index in [2.05, 4.69) is 15.3 Å². The van der Waals surface area contributed by atoms with Crippen LogP contribution >= 0.6 is 0 Å². The van der Waals surface area contributed by atoms with Crippen LogP contribution in [0, 0.1) is 18.6 Å². The van der Waals surface area contributed by atoms with Gasteiger partial charge in [0, 0.05) is 24.4 Å². The molecule has 0 unspecified atom stereocenters. The lowest BCUT2D eigenvalue weighted by Crippen LogP contribution is -2.07. The van der Waals surface area contributed by atoms with E-state index in [1.807, 2.05) is 19.9 Å². The lowest BCUT2D eigenvalue weighted by atomic mass is 10.3. The first kappa shape index (κ1) is 14.2. The number of aryl methyl sites for hydroxylation is 1. The summed E-state index contributed by atoms with van der Waals surface area (Å²) in [5, 5.41) is 3.09. The van der Waals surface area contributed by atoms with Crippen molar-refractivity contribution in [2.75, 3.05) is 11.9 Å². The maximum Gasteiger partial charge on any atom is 0.168 e. The Hall–Kier alpha value is -2.24. The molecule has 0 radical (unpaired) electrons. The van der Waals surface area contributed by atoms with E-state index in [9.17, 15) is 8.78 Å². The summed E-state index contributed by atoms with van der Waals surface area (Å²) in [5.74, 6) is -0.423. The topological polar surface area (TPSA) is 47.0 Å². The summed E-state index contributed by atoms with van der Waals surface area (Å²) < 4.78 is 31.2. The second kappa shape index (κ2) is 6.27. The van der Waals surface area contributed by atoms with Gasteiger partial charge >= 0.3 is 0 Å². The van der Waals surface area contributed by atoms with Crippen LogP contribution in [0.2, 0.25) is 0 Å². The molecule has 0 amide bonds. The van der Waals surface area contributed by atoms with Crippen molar-refractivity contribution in [2.45, 2.75) is 20.5 Å². The molecule has 1 aromatic carbocycles. The Morgan fingerprint density at radius 3 is 2.65 bits per heavy atom. The molecule has 0 aliphatic carbocycles. The molecule has 106 valence electrons. The smallest absolute Gasteiger partial charge is 0.168 e. The molecule has 0 fully saturated rings. The number of benzene rings is 1. The van der Waals surface area contributed by atoms with Crippen LogP contribution in [0.25, 0.3) is 0 Å². The zero-order valence-electron chi connectivity index (χ0n) is 11.3. The molecule has 0 atom stereocenters. The summed E-state index contributed by atoms with van der Waals surface area (Å²) in [5.41, 5.74) is 0.805. The van der Waals surface area contributed by atoms with Gasteiger partial charge in [-0.15, -0.1) is 0 Å². The van der Waals surface area contributed by atoms with Crippen molar-refractivity contribution in [3.05, 3.63) is 47.4 Å². The highest BCUT2D eigenvalue weighted by Crippen LogP contribution is 2.16. The van der Waals surface area contributed by atoms with Gasteiger partial charge in [0.15, 0.2) is 17.5 Å². The molecule has 6 heteroatoms. The van der Waals surface area contributed by atoms with Crippen LogP contribution in [0.5, 0.6) is 5.75 Å². The molecule has 0 saturated heterocycles. The molecule has 4 nitrogen and oxygen atoms in total. The van der Waals surface area contributed by atoms with E-state index in [1.165, 1.54) is 6.07 Å². The minimum absolute atomic E-state index is 0.0884. The Kier molecular flexibility index (Phi) is 4.45. The minimum Gasteiger partial charge on any atom is -0.486 e. The number of hydrogen-bond donors (Lipinski definition) is 1. The van der Waals surface area contributed by atoms with E-state index >= 15 is 0 Å². The van der Waals surface area contributed by atoms with Gasteiger partial charge in [0.25, 0.3) is 0 Å².